The Morgan fingerprint density at radius 2 is 1.94 bits per heavy atom. The summed E-state index contributed by atoms with van der Waals surface area (Å²) in [6.45, 7) is 0.923. The molecule has 7 heteroatoms. The van der Waals surface area contributed by atoms with Crippen molar-refractivity contribution >= 4 is 10.0 Å². The molecule has 0 radical (unpaired) electrons. The van der Waals surface area contributed by atoms with Crippen molar-refractivity contribution in [2.24, 2.45) is 5.14 Å². The largest absolute Gasteiger partial charge is 0.492 e. The van der Waals surface area contributed by atoms with Crippen LogP contribution in [0.4, 0.5) is 4.39 Å². The molecule has 0 heterocycles. The van der Waals surface area contributed by atoms with Gasteiger partial charge < -0.3 is 9.47 Å². The summed E-state index contributed by atoms with van der Waals surface area (Å²) in [6.07, 6.45) is 1.50. The van der Waals surface area contributed by atoms with Crippen LogP contribution in [0.5, 0.6) is 5.75 Å². The lowest BCUT2D eigenvalue weighted by atomic mass is 10.3. The number of hydrogen-bond acceptors (Lipinski definition) is 4. The molecule has 0 aliphatic carbocycles. The number of unbranched alkanes of at least 4 members (excludes halogenated alkanes) is 1. The Morgan fingerprint density at radius 1 is 1.28 bits per heavy atom. The summed E-state index contributed by atoms with van der Waals surface area (Å²) in [4.78, 5) is -0.339. The van der Waals surface area contributed by atoms with Crippen molar-refractivity contribution < 1.29 is 22.3 Å². The van der Waals surface area contributed by atoms with E-state index >= 15 is 0 Å². The zero-order valence-electron chi connectivity index (χ0n) is 10.1. The standard InChI is InChI=1S/C11H16FNO4S/c1-16-6-2-3-7-17-10-5-4-9(12)8-11(10)18(13,14)15/h4-5,8H,2-3,6-7H2,1H3,(H2,13,14,15). The van der Waals surface area contributed by atoms with E-state index in [1.54, 1.807) is 7.11 Å². The molecule has 0 atom stereocenters. The molecular formula is C11H16FNO4S. The van der Waals surface area contributed by atoms with Gasteiger partial charge in [0.15, 0.2) is 0 Å². The normalized spacial score (nSPS) is 11.5. The second-order valence-corrected chi connectivity index (χ2v) is 5.21. The highest BCUT2D eigenvalue weighted by Crippen LogP contribution is 2.23. The van der Waals surface area contributed by atoms with E-state index in [1.807, 2.05) is 0 Å². The summed E-state index contributed by atoms with van der Waals surface area (Å²) >= 11 is 0. The van der Waals surface area contributed by atoms with Gasteiger partial charge in [-0.2, -0.15) is 0 Å². The number of halogens is 1. The van der Waals surface area contributed by atoms with Gasteiger partial charge in [-0.25, -0.2) is 17.9 Å². The Kier molecular flexibility index (Phi) is 5.52. The summed E-state index contributed by atoms with van der Waals surface area (Å²) < 4.78 is 45.6. The fourth-order valence-corrected chi connectivity index (χ4v) is 2.04. The van der Waals surface area contributed by atoms with Crippen LogP contribution in [0.1, 0.15) is 12.8 Å². The van der Waals surface area contributed by atoms with E-state index in [-0.39, 0.29) is 10.6 Å². The van der Waals surface area contributed by atoms with Gasteiger partial charge in [0.05, 0.1) is 6.61 Å². The van der Waals surface area contributed by atoms with Gasteiger partial charge in [-0.05, 0) is 31.0 Å². The SMILES string of the molecule is COCCCCOc1ccc(F)cc1S(N)(=O)=O. The Hall–Kier alpha value is -1.18. The molecule has 1 rings (SSSR count). The van der Waals surface area contributed by atoms with Crippen LogP contribution in [-0.2, 0) is 14.8 Å². The van der Waals surface area contributed by atoms with E-state index in [0.29, 0.717) is 19.6 Å². The van der Waals surface area contributed by atoms with Crippen molar-refractivity contribution in [2.75, 3.05) is 20.3 Å². The summed E-state index contributed by atoms with van der Waals surface area (Å²) in [5, 5.41) is 4.98. The van der Waals surface area contributed by atoms with Crippen molar-refractivity contribution in [3.8, 4) is 5.75 Å². The number of ether oxygens (including phenoxy) is 2. The predicted molar refractivity (Wildman–Crippen MR) is 64.4 cm³/mol. The number of benzene rings is 1. The van der Waals surface area contributed by atoms with E-state index < -0.39 is 15.8 Å². The second-order valence-electron chi connectivity index (χ2n) is 3.68. The Morgan fingerprint density at radius 3 is 2.56 bits per heavy atom. The molecule has 0 spiro atoms. The monoisotopic (exact) mass is 277 g/mol. The number of nitrogens with two attached hydrogens (primary N) is 1. The van der Waals surface area contributed by atoms with Gasteiger partial charge in [0.25, 0.3) is 0 Å². The molecule has 0 aromatic heterocycles. The topological polar surface area (TPSA) is 78.6 Å². The molecule has 1 aromatic carbocycles. The predicted octanol–water partition coefficient (Wildman–Crippen LogP) is 1.28. The average Bonchev–Trinajstić information content (AvgIpc) is 2.29. The second kappa shape index (κ2) is 6.67. The highest BCUT2D eigenvalue weighted by atomic mass is 32.2. The van der Waals surface area contributed by atoms with Gasteiger partial charge in [-0.1, -0.05) is 0 Å². The maximum Gasteiger partial charge on any atom is 0.241 e. The molecule has 1 aromatic rings. The molecule has 0 bridgehead atoms. The molecule has 0 aliphatic heterocycles. The maximum absolute atomic E-state index is 13.0. The van der Waals surface area contributed by atoms with Gasteiger partial charge in [0.2, 0.25) is 10.0 Å². The number of primary sulfonamides is 1. The molecule has 0 aliphatic rings. The van der Waals surface area contributed by atoms with Gasteiger partial charge in [0, 0.05) is 13.7 Å². The first-order valence-corrected chi connectivity index (χ1v) is 6.94. The minimum absolute atomic E-state index is 0.0660. The molecule has 0 amide bonds. The smallest absolute Gasteiger partial charge is 0.241 e. The average molecular weight is 277 g/mol. The first-order chi connectivity index (χ1) is 8.45. The van der Waals surface area contributed by atoms with Gasteiger partial charge >= 0.3 is 0 Å². The summed E-state index contributed by atoms with van der Waals surface area (Å²) in [5.41, 5.74) is 0. The maximum atomic E-state index is 13.0. The van der Waals surface area contributed by atoms with Gasteiger partial charge in [-0.3, -0.25) is 0 Å². The summed E-state index contributed by atoms with van der Waals surface area (Å²) in [7, 11) is -2.40. The number of rotatable bonds is 7. The fourth-order valence-electron chi connectivity index (χ4n) is 1.35. The Bertz CT molecular complexity index is 490. The quantitative estimate of drug-likeness (QED) is 0.761. The lowest BCUT2D eigenvalue weighted by molar-refractivity contribution is 0.183. The van der Waals surface area contributed by atoms with Crippen LogP contribution in [-0.4, -0.2) is 28.7 Å². The van der Waals surface area contributed by atoms with E-state index in [1.165, 1.54) is 6.07 Å². The van der Waals surface area contributed by atoms with Crippen LogP contribution in [0.2, 0.25) is 0 Å². The molecule has 2 N–H and O–H groups in total. The van der Waals surface area contributed by atoms with Crippen molar-refractivity contribution in [3.63, 3.8) is 0 Å². The van der Waals surface area contributed by atoms with Crippen molar-refractivity contribution in [1.82, 2.24) is 0 Å². The third-order valence-corrected chi connectivity index (χ3v) is 3.14. The van der Waals surface area contributed by atoms with Crippen molar-refractivity contribution in [2.45, 2.75) is 17.7 Å². The molecule has 18 heavy (non-hydrogen) atoms. The fraction of sp³-hybridized carbons (Fsp3) is 0.455. The number of methoxy groups -OCH3 is 1. The van der Waals surface area contributed by atoms with Crippen LogP contribution in [0.3, 0.4) is 0 Å². The number of sulfonamides is 1. The minimum Gasteiger partial charge on any atom is -0.492 e. The van der Waals surface area contributed by atoms with Crippen LogP contribution in [0.25, 0.3) is 0 Å². The van der Waals surface area contributed by atoms with Crippen LogP contribution >= 0.6 is 0 Å². The van der Waals surface area contributed by atoms with Crippen LogP contribution < -0.4 is 9.88 Å². The molecular weight excluding hydrogens is 261 g/mol. The highest BCUT2D eigenvalue weighted by Gasteiger charge is 2.16. The zero-order valence-corrected chi connectivity index (χ0v) is 10.9. The first kappa shape index (κ1) is 14.9. The molecule has 0 unspecified atom stereocenters. The molecule has 102 valence electrons. The van der Waals surface area contributed by atoms with Crippen LogP contribution in [0, 0.1) is 5.82 Å². The van der Waals surface area contributed by atoms with E-state index in [9.17, 15) is 12.8 Å². The lowest BCUT2D eigenvalue weighted by Crippen LogP contribution is -2.14. The van der Waals surface area contributed by atoms with E-state index in [4.69, 9.17) is 14.6 Å². The van der Waals surface area contributed by atoms with E-state index in [2.05, 4.69) is 0 Å². The third-order valence-electron chi connectivity index (χ3n) is 2.21. The van der Waals surface area contributed by atoms with Gasteiger partial charge in [-0.15, -0.1) is 0 Å². The molecule has 0 fully saturated rings. The van der Waals surface area contributed by atoms with Gasteiger partial charge in [0.1, 0.15) is 16.5 Å². The minimum atomic E-state index is -3.99. The Balaban J connectivity index is 2.71. The highest BCUT2D eigenvalue weighted by molar-refractivity contribution is 7.89. The third kappa shape index (κ3) is 4.59. The lowest BCUT2D eigenvalue weighted by Gasteiger charge is -2.10. The molecule has 5 nitrogen and oxygen atoms in total. The van der Waals surface area contributed by atoms with E-state index in [0.717, 1.165) is 18.6 Å². The summed E-state index contributed by atoms with van der Waals surface area (Å²) in [5.74, 6) is -0.609. The zero-order chi connectivity index (χ0) is 13.6. The summed E-state index contributed by atoms with van der Waals surface area (Å²) in [6, 6.07) is 3.23. The first-order valence-electron chi connectivity index (χ1n) is 5.39. The molecule has 0 saturated carbocycles. The Labute approximate surface area is 106 Å². The number of hydrogen-bond donors (Lipinski definition) is 1. The molecule has 0 saturated heterocycles. The van der Waals surface area contributed by atoms with Crippen molar-refractivity contribution in [1.29, 1.82) is 0 Å². The van der Waals surface area contributed by atoms with Crippen molar-refractivity contribution in [3.05, 3.63) is 24.0 Å². The van der Waals surface area contributed by atoms with Crippen LogP contribution in [0.15, 0.2) is 23.1 Å².